The van der Waals surface area contributed by atoms with Crippen LogP contribution in [0.3, 0.4) is 0 Å². The van der Waals surface area contributed by atoms with Gasteiger partial charge in [0.2, 0.25) is 0 Å². The number of carbonyl (C=O) groups excluding carboxylic acids is 1. The number of carbonyl (C=O) groups is 2. The molecule has 0 amide bonds. The first-order valence-electron chi connectivity index (χ1n) is 6.78. The van der Waals surface area contributed by atoms with E-state index in [9.17, 15) is 9.59 Å². The smallest absolute Gasteiger partial charge is 0.337 e. The first-order chi connectivity index (χ1) is 10.5. The Morgan fingerprint density at radius 1 is 1.14 bits per heavy atom. The van der Waals surface area contributed by atoms with Crippen LogP contribution in [0.25, 0.3) is 11.1 Å². The van der Waals surface area contributed by atoms with Crippen molar-refractivity contribution in [1.82, 2.24) is 0 Å². The van der Waals surface area contributed by atoms with Gasteiger partial charge < -0.3 is 15.6 Å². The fourth-order valence-corrected chi connectivity index (χ4v) is 2.21. The highest BCUT2D eigenvalue weighted by Crippen LogP contribution is 2.25. The molecule has 0 aromatic heterocycles. The molecule has 0 bridgehead atoms. The van der Waals surface area contributed by atoms with E-state index in [1.54, 1.807) is 24.3 Å². The molecular formula is C17H17NO4. The Morgan fingerprint density at radius 2 is 1.77 bits per heavy atom. The van der Waals surface area contributed by atoms with Gasteiger partial charge in [-0.25, -0.2) is 4.79 Å². The van der Waals surface area contributed by atoms with Gasteiger partial charge in [0.15, 0.2) is 0 Å². The molecule has 5 heteroatoms. The molecule has 0 aliphatic carbocycles. The van der Waals surface area contributed by atoms with Gasteiger partial charge in [-0.2, -0.15) is 0 Å². The summed E-state index contributed by atoms with van der Waals surface area (Å²) in [6.45, 7) is 0. The summed E-state index contributed by atoms with van der Waals surface area (Å²) in [6.07, 6.45) is 0.240. The predicted octanol–water partition coefficient (Wildman–Crippen LogP) is 2.09. The summed E-state index contributed by atoms with van der Waals surface area (Å²) in [4.78, 5) is 22.4. The SMILES string of the molecule is COC(=O)c1ccc(-c2ccccc2CC(N)C(=O)O)cc1. The lowest BCUT2D eigenvalue weighted by Gasteiger charge is -2.12. The molecule has 0 fully saturated rings. The highest BCUT2D eigenvalue weighted by atomic mass is 16.5. The molecule has 0 saturated carbocycles. The average molecular weight is 299 g/mol. The molecule has 0 aliphatic heterocycles. The van der Waals surface area contributed by atoms with E-state index in [4.69, 9.17) is 10.8 Å². The highest BCUT2D eigenvalue weighted by Gasteiger charge is 2.15. The number of carboxylic acids is 1. The van der Waals surface area contributed by atoms with Crippen molar-refractivity contribution in [2.75, 3.05) is 7.11 Å². The molecule has 1 atom stereocenters. The Morgan fingerprint density at radius 3 is 2.36 bits per heavy atom. The second-order valence-corrected chi connectivity index (χ2v) is 4.87. The zero-order chi connectivity index (χ0) is 16.1. The number of aliphatic carboxylic acids is 1. The van der Waals surface area contributed by atoms with Gasteiger partial charge in [0.1, 0.15) is 6.04 Å². The van der Waals surface area contributed by atoms with Gasteiger partial charge in [0, 0.05) is 0 Å². The van der Waals surface area contributed by atoms with Crippen LogP contribution in [0.5, 0.6) is 0 Å². The zero-order valence-corrected chi connectivity index (χ0v) is 12.2. The summed E-state index contributed by atoms with van der Waals surface area (Å²) in [5.41, 5.74) is 8.72. The maximum Gasteiger partial charge on any atom is 0.337 e. The third kappa shape index (κ3) is 3.51. The van der Waals surface area contributed by atoms with Gasteiger partial charge in [0.05, 0.1) is 12.7 Å². The number of methoxy groups -OCH3 is 1. The number of nitrogens with two attached hydrogens (primary N) is 1. The maximum absolute atomic E-state index is 11.4. The summed E-state index contributed by atoms with van der Waals surface area (Å²) in [6, 6.07) is 13.5. The van der Waals surface area contributed by atoms with Crippen molar-refractivity contribution in [2.24, 2.45) is 5.73 Å². The van der Waals surface area contributed by atoms with Gasteiger partial charge >= 0.3 is 11.9 Å². The normalized spacial score (nSPS) is 11.7. The van der Waals surface area contributed by atoms with Crippen LogP contribution in [0.1, 0.15) is 15.9 Å². The number of rotatable bonds is 5. The van der Waals surface area contributed by atoms with Crippen molar-refractivity contribution in [1.29, 1.82) is 0 Å². The second-order valence-electron chi connectivity index (χ2n) is 4.87. The summed E-state index contributed by atoms with van der Waals surface area (Å²) < 4.78 is 4.66. The highest BCUT2D eigenvalue weighted by molar-refractivity contribution is 5.90. The Balaban J connectivity index is 2.32. The number of ether oxygens (including phenoxy) is 1. The molecule has 3 N–H and O–H groups in total. The largest absolute Gasteiger partial charge is 0.480 e. The van der Waals surface area contributed by atoms with Gasteiger partial charge in [-0.1, -0.05) is 36.4 Å². The van der Waals surface area contributed by atoms with Crippen molar-refractivity contribution in [3.8, 4) is 11.1 Å². The van der Waals surface area contributed by atoms with Crippen LogP contribution in [-0.2, 0) is 16.0 Å². The quantitative estimate of drug-likeness (QED) is 0.825. The summed E-state index contributed by atoms with van der Waals surface area (Å²) in [5, 5.41) is 8.95. The Bertz CT molecular complexity index is 679. The Hall–Kier alpha value is -2.66. The second kappa shape index (κ2) is 6.87. The minimum atomic E-state index is -1.03. The summed E-state index contributed by atoms with van der Waals surface area (Å²) in [5.74, 6) is -1.43. The Labute approximate surface area is 128 Å². The Kier molecular flexibility index (Phi) is 4.91. The molecule has 1 unspecified atom stereocenters. The van der Waals surface area contributed by atoms with Crippen LogP contribution in [0.15, 0.2) is 48.5 Å². The minimum Gasteiger partial charge on any atom is -0.480 e. The molecule has 2 aromatic carbocycles. The van der Waals surface area contributed by atoms with Crippen molar-refractivity contribution >= 4 is 11.9 Å². The first kappa shape index (κ1) is 15.7. The van der Waals surface area contributed by atoms with Gasteiger partial charge in [-0.05, 0) is 35.2 Å². The average Bonchev–Trinajstić information content (AvgIpc) is 2.54. The molecular weight excluding hydrogens is 282 g/mol. The standard InChI is InChI=1S/C17H17NO4/c1-22-17(21)12-8-6-11(7-9-12)14-5-3-2-4-13(14)10-15(18)16(19)20/h2-9,15H,10,18H2,1H3,(H,19,20). The van der Waals surface area contributed by atoms with Crippen molar-refractivity contribution < 1.29 is 19.4 Å². The molecule has 0 heterocycles. The lowest BCUT2D eigenvalue weighted by atomic mass is 9.95. The first-order valence-corrected chi connectivity index (χ1v) is 6.78. The topological polar surface area (TPSA) is 89.6 Å². The van der Waals surface area contributed by atoms with E-state index in [0.29, 0.717) is 5.56 Å². The molecule has 5 nitrogen and oxygen atoms in total. The third-order valence-electron chi connectivity index (χ3n) is 3.39. The number of esters is 1. The fraction of sp³-hybridized carbons (Fsp3) is 0.176. The zero-order valence-electron chi connectivity index (χ0n) is 12.2. The van der Waals surface area contributed by atoms with Crippen LogP contribution < -0.4 is 5.73 Å². The minimum absolute atomic E-state index is 0.240. The van der Waals surface area contributed by atoms with Crippen molar-refractivity contribution in [3.63, 3.8) is 0 Å². The number of hydrogen-bond acceptors (Lipinski definition) is 4. The number of benzene rings is 2. The van der Waals surface area contributed by atoms with E-state index in [2.05, 4.69) is 4.74 Å². The lowest BCUT2D eigenvalue weighted by Crippen LogP contribution is -2.32. The summed E-state index contributed by atoms with van der Waals surface area (Å²) in [7, 11) is 1.33. The third-order valence-corrected chi connectivity index (χ3v) is 3.39. The van der Waals surface area contributed by atoms with E-state index >= 15 is 0 Å². The van der Waals surface area contributed by atoms with E-state index < -0.39 is 18.0 Å². The lowest BCUT2D eigenvalue weighted by molar-refractivity contribution is -0.138. The summed E-state index contributed by atoms with van der Waals surface area (Å²) >= 11 is 0. The number of hydrogen-bond donors (Lipinski definition) is 2. The van der Waals surface area contributed by atoms with E-state index in [0.717, 1.165) is 16.7 Å². The van der Waals surface area contributed by atoms with Crippen LogP contribution in [0.4, 0.5) is 0 Å². The van der Waals surface area contributed by atoms with Crippen LogP contribution in [-0.4, -0.2) is 30.2 Å². The molecule has 0 saturated heterocycles. The monoisotopic (exact) mass is 299 g/mol. The molecule has 22 heavy (non-hydrogen) atoms. The molecule has 0 radical (unpaired) electrons. The van der Waals surface area contributed by atoms with Crippen LogP contribution in [0, 0.1) is 0 Å². The predicted molar refractivity (Wildman–Crippen MR) is 82.5 cm³/mol. The number of carboxylic acid groups (broad SMARTS) is 1. The molecule has 114 valence electrons. The molecule has 0 spiro atoms. The molecule has 2 aromatic rings. The fourth-order valence-electron chi connectivity index (χ4n) is 2.21. The van der Waals surface area contributed by atoms with Crippen LogP contribution in [0.2, 0.25) is 0 Å². The van der Waals surface area contributed by atoms with E-state index in [1.165, 1.54) is 7.11 Å². The van der Waals surface area contributed by atoms with Crippen molar-refractivity contribution in [2.45, 2.75) is 12.5 Å². The van der Waals surface area contributed by atoms with Gasteiger partial charge in [0.25, 0.3) is 0 Å². The van der Waals surface area contributed by atoms with Crippen molar-refractivity contribution in [3.05, 3.63) is 59.7 Å². The van der Waals surface area contributed by atoms with E-state index in [-0.39, 0.29) is 6.42 Å². The van der Waals surface area contributed by atoms with Gasteiger partial charge in [-0.15, -0.1) is 0 Å². The van der Waals surface area contributed by atoms with Gasteiger partial charge in [-0.3, -0.25) is 4.79 Å². The van der Waals surface area contributed by atoms with E-state index in [1.807, 2.05) is 24.3 Å². The molecule has 2 rings (SSSR count). The van der Waals surface area contributed by atoms with Crippen LogP contribution >= 0.6 is 0 Å². The molecule has 0 aliphatic rings. The maximum atomic E-state index is 11.4.